The second kappa shape index (κ2) is 8.17. The molecular weight excluding hydrogens is 244 g/mol. The SMILES string of the molecule is CC(CN1CCOCC1C)OCCN1CCOCC1. The van der Waals surface area contributed by atoms with Gasteiger partial charge in [-0.2, -0.15) is 0 Å². The van der Waals surface area contributed by atoms with E-state index >= 15 is 0 Å². The van der Waals surface area contributed by atoms with E-state index in [1.54, 1.807) is 0 Å². The van der Waals surface area contributed by atoms with E-state index < -0.39 is 0 Å². The van der Waals surface area contributed by atoms with Crippen LogP contribution in [-0.4, -0.2) is 87.7 Å². The van der Waals surface area contributed by atoms with E-state index in [4.69, 9.17) is 14.2 Å². The third kappa shape index (κ3) is 5.36. The van der Waals surface area contributed by atoms with Crippen LogP contribution in [0.3, 0.4) is 0 Å². The number of morpholine rings is 2. The highest BCUT2D eigenvalue weighted by atomic mass is 16.5. The summed E-state index contributed by atoms with van der Waals surface area (Å²) in [5.74, 6) is 0. The fourth-order valence-corrected chi connectivity index (χ4v) is 2.62. The van der Waals surface area contributed by atoms with Crippen LogP contribution in [0.25, 0.3) is 0 Å². The molecule has 112 valence electrons. The molecule has 2 saturated heterocycles. The summed E-state index contributed by atoms with van der Waals surface area (Å²) in [6.07, 6.45) is 0.293. The molecule has 0 N–H and O–H groups in total. The van der Waals surface area contributed by atoms with Crippen molar-refractivity contribution in [2.75, 3.05) is 65.8 Å². The van der Waals surface area contributed by atoms with Gasteiger partial charge < -0.3 is 14.2 Å². The van der Waals surface area contributed by atoms with Crippen molar-refractivity contribution in [2.45, 2.75) is 26.0 Å². The van der Waals surface area contributed by atoms with Gasteiger partial charge in [0.1, 0.15) is 0 Å². The number of rotatable bonds is 6. The van der Waals surface area contributed by atoms with Gasteiger partial charge in [-0.05, 0) is 13.8 Å². The third-order valence-corrected chi connectivity index (χ3v) is 3.91. The zero-order valence-corrected chi connectivity index (χ0v) is 12.3. The van der Waals surface area contributed by atoms with Gasteiger partial charge in [-0.15, -0.1) is 0 Å². The highest BCUT2D eigenvalue weighted by molar-refractivity contribution is 4.73. The Balaban J connectivity index is 1.57. The van der Waals surface area contributed by atoms with E-state index in [1.807, 2.05) is 0 Å². The molecule has 0 spiro atoms. The molecule has 0 aromatic rings. The van der Waals surface area contributed by atoms with E-state index in [2.05, 4.69) is 23.6 Å². The van der Waals surface area contributed by atoms with Crippen LogP contribution < -0.4 is 0 Å². The Labute approximate surface area is 116 Å². The molecule has 2 fully saturated rings. The molecule has 5 heteroatoms. The predicted molar refractivity (Wildman–Crippen MR) is 74.5 cm³/mol. The first kappa shape index (κ1) is 15.2. The maximum absolute atomic E-state index is 5.93. The summed E-state index contributed by atoms with van der Waals surface area (Å²) in [5.41, 5.74) is 0. The van der Waals surface area contributed by atoms with Gasteiger partial charge in [-0.1, -0.05) is 0 Å². The lowest BCUT2D eigenvalue weighted by Gasteiger charge is -2.35. The van der Waals surface area contributed by atoms with Crippen molar-refractivity contribution in [2.24, 2.45) is 0 Å². The Morgan fingerprint density at radius 1 is 1.16 bits per heavy atom. The maximum Gasteiger partial charge on any atom is 0.0674 e. The fraction of sp³-hybridized carbons (Fsp3) is 1.00. The van der Waals surface area contributed by atoms with E-state index in [-0.39, 0.29) is 0 Å². The molecule has 0 aliphatic carbocycles. The highest BCUT2D eigenvalue weighted by Crippen LogP contribution is 2.08. The van der Waals surface area contributed by atoms with Crippen molar-refractivity contribution in [3.8, 4) is 0 Å². The summed E-state index contributed by atoms with van der Waals surface area (Å²) < 4.78 is 16.7. The molecule has 19 heavy (non-hydrogen) atoms. The Morgan fingerprint density at radius 3 is 2.63 bits per heavy atom. The van der Waals surface area contributed by atoms with Crippen molar-refractivity contribution in [3.63, 3.8) is 0 Å². The molecule has 0 bridgehead atoms. The zero-order chi connectivity index (χ0) is 13.5. The summed E-state index contributed by atoms with van der Waals surface area (Å²) in [5, 5.41) is 0. The molecule has 0 aromatic heterocycles. The van der Waals surface area contributed by atoms with Crippen LogP contribution in [0.5, 0.6) is 0 Å². The standard InChI is InChI=1S/C14H28N2O3/c1-13-12-18-9-6-16(13)11-14(2)19-10-5-15-3-7-17-8-4-15/h13-14H,3-12H2,1-2H3. The van der Waals surface area contributed by atoms with Crippen LogP contribution in [0, 0.1) is 0 Å². The quantitative estimate of drug-likeness (QED) is 0.701. The number of nitrogens with zero attached hydrogens (tertiary/aromatic N) is 2. The summed E-state index contributed by atoms with van der Waals surface area (Å²) in [6, 6.07) is 0.513. The summed E-state index contributed by atoms with van der Waals surface area (Å²) >= 11 is 0. The Bertz CT molecular complexity index is 247. The largest absolute Gasteiger partial charge is 0.379 e. The van der Waals surface area contributed by atoms with Crippen LogP contribution >= 0.6 is 0 Å². The van der Waals surface area contributed by atoms with Crippen LogP contribution in [0.4, 0.5) is 0 Å². The van der Waals surface area contributed by atoms with Gasteiger partial charge in [0.2, 0.25) is 0 Å². The third-order valence-electron chi connectivity index (χ3n) is 3.91. The predicted octanol–water partition coefficient (Wildman–Crippen LogP) is 0.444. The molecule has 0 saturated carbocycles. The molecule has 2 heterocycles. The summed E-state index contributed by atoms with van der Waals surface area (Å²) in [4.78, 5) is 4.87. The fourth-order valence-electron chi connectivity index (χ4n) is 2.62. The van der Waals surface area contributed by atoms with Crippen molar-refractivity contribution in [1.29, 1.82) is 0 Å². The molecule has 0 amide bonds. The first-order chi connectivity index (χ1) is 9.25. The lowest BCUT2D eigenvalue weighted by Crippen LogP contribution is -2.47. The lowest BCUT2D eigenvalue weighted by atomic mass is 10.2. The van der Waals surface area contributed by atoms with Gasteiger partial charge in [0.15, 0.2) is 0 Å². The van der Waals surface area contributed by atoms with Crippen molar-refractivity contribution in [1.82, 2.24) is 9.80 Å². The van der Waals surface area contributed by atoms with Gasteiger partial charge in [0.25, 0.3) is 0 Å². The first-order valence-electron chi connectivity index (χ1n) is 7.49. The molecule has 5 nitrogen and oxygen atoms in total. The smallest absolute Gasteiger partial charge is 0.0674 e. The average molecular weight is 272 g/mol. The number of hydrogen-bond acceptors (Lipinski definition) is 5. The van der Waals surface area contributed by atoms with Crippen LogP contribution in [0.15, 0.2) is 0 Å². The maximum atomic E-state index is 5.93. The van der Waals surface area contributed by atoms with Crippen LogP contribution in [0.1, 0.15) is 13.8 Å². The van der Waals surface area contributed by atoms with Gasteiger partial charge in [0, 0.05) is 38.8 Å². The number of hydrogen-bond donors (Lipinski definition) is 0. The molecule has 0 aromatic carbocycles. The van der Waals surface area contributed by atoms with Gasteiger partial charge in [0.05, 0.1) is 39.1 Å². The molecule has 2 aliphatic heterocycles. The topological polar surface area (TPSA) is 34.2 Å². The molecular formula is C14H28N2O3. The van der Waals surface area contributed by atoms with Crippen LogP contribution in [0.2, 0.25) is 0 Å². The second-order valence-corrected chi connectivity index (χ2v) is 5.55. The zero-order valence-electron chi connectivity index (χ0n) is 12.3. The van der Waals surface area contributed by atoms with Crippen molar-refractivity contribution in [3.05, 3.63) is 0 Å². The molecule has 2 atom stereocenters. The van der Waals surface area contributed by atoms with Gasteiger partial charge >= 0.3 is 0 Å². The summed E-state index contributed by atoms with van der Waals surface area (Å²) in [6.45, 7) is 13.8. The first-order valence-corrected chi connectivity index (χ1v) is 7.49. The summed E-state index contributed by atoms with van der Waals surface area (Å²) in [7, 11) is 0. The van der Waals surface area contributed by atoms with E-state index in [1.165, 1.54) is 0 Å². The Hall–Kier alpha value is -0.200. The lowest BCUT2D eigenvalue weighted by molar-refractivity contribution is -0.0395. The van der Waals surface area contributed by atoms with E-state index in [0.717, 1.165) is 65.8 Å². The molecule has 2 aliphatic rings. The van der Waals surface area contributed by atoms with Crippen molar-refractivity contribution >= 4 is 0 Å². The average Bonchev–Trinajstić information content (AvgIpc) is 2.43. The van der Waals surface area contributed by atoms with E-state index in [9.17, 15) is 0 Å². The Kier molecular flexibility index (Phi) is 6.53. The number of ether oxygens (including phenoxy) is 3. The second-order valence-electron chi connectivity index (χ2n) is 5.55. The highest BCUT2D eigenvalue weighted by Gasteiger charge is 2.20. The van der Waals surface area contributed by atoms with Gasteiger partial charge in [-0.3, -0.25) is 9.80 Å². The van der Waals surface area contributed by atoms with Crippen molar-refractivity contribution < 1.29 is 14.2 Å². The Morgan fingerprint density at radius 2 is 1.89 bits per heavy atom. The van der Waals surface area contributed by atoms with Crippen LogP contribution in [-0.2, 0) is 14.2 Å². The molecule has 2 rings (SSSR count). The molecule has 0 radical (unpaired) electrons. The normalized spacial score (nSPS) is 28.4. The minimum absolute atomic E-state index is 0.293. The minimum atomic E-state index is 0.293. The minimum Gasteiger partial charge on any atom is -0.379 e. The molecule has 2 unspecified atom stereocenters. The monoisotopic (exact) mass is 272 g/mol. The van der Waals surface area contributed by atoms with Gasteiger partial charge in [-0.25, -0.2) is 0 Å². The van der Waals surface area contributed by atoms with E-state index in [0.29, 0.717) is 12.1 Å².